The molecule has 0 N–H and O–H groups in total. The van der Waals surface area contributed by atoms with Crippen LogP contribution in [0.2, 0.25) is 15.1 Å². The van der Waals surface area contributed by atoms with Gasteiger partial charge in [0.2, 0.25) is 0 Å². The fourth-order valence-corrected chi connectivity index (χ4v) is 4.40. The maximum absolute atomic E-state index is 13.4. The van der Waals surface area contributed by atoms with Gasteiger partial charge >= 0.3 is 5.97 Å². The molecular weight excluding hydrogens is 543 g/mol. The number of methoxy groups -OCH3 is 1. The van der Waals surface area contributed by atoms with Crippen molar-refractivity contribution in [3.63, 3.8) is 0 Å². The molecule has 0 unspecified atom stereocenters. The van der Waals surface area contributed by atoms with E-state index in [-0.39, 0.29) is 29.9 Å². The van der Waals surface area contributed by atoms with Crippen LogP contribution in [0.4, 0.5) is 5.69 Å². The molecule has 36 heavy (non-hydrogen) atoms. The van der Waals surface area contributed by atoms with Crippen molar-refractivity contribution < 1.29 is 19.1 Å². The molecule has 0 radical (unpaired) electrons. The lowest BCUT2D eigenvalue weighted by molar-refractivity contribution is -0.140. The number of carbonyl (C=O) groups is 2. The Morgan fingerprint density at radius 2 is 1.64 bits per heavy atom. The van der Waals surface area contributed by atoms with Crippen molar-refractivity contribution >= 4 is 75.8 Å². The first-order valence-electron chi connectivity index (χ1n) is 10.6. The molecule has 3 aromatic carbocycles. The zero-order valence-electron chi connectivity index (χ0n) is 18.9. The third kappa shape index (κ3) is 5.82. The number of amides is 1. The summed E-state index contributed by atoms with van der Waals surface area (Å²) in [5.74, 6) is -0.284. The number of hydrogen-bond donors (Lipinski definition) is 0. The van der Waals surface area contributed by atoms with Crippen molar-refractivity contribution in [3.8, 4) is 5.75 Å². The Kier molecular flexibility index (Phi) is 8.16. The minimum Gasteiger partial charge on any atom is -0.489 e. The molecule has 0 aliphatic carbocycles. The van der Waals surface area contributed by atoms with E-state index in [1.54, 1.807) is 72.8 Å². The highest BCUT2D eigenvalue weighted by Crippen LogP contribution is 2.30. The molecule has 0 atom stereocenters. The van der Waals surface area contributed by atoms with Gasteiger partial charge in [-0.3, -0.25) is 14.5 Å². The van der Waals surface area contributed by atoms with E-state index in [9.17, 15) is 9.59 Å². The summed E-state index contributed by atoms with van der Waals surface area (Å²) >= 11 is 23.7. The fourth-order valence-electron chi connectivity index (χ4n) is 3.46. The molecule has 1 aliphatic rings. The van der Waals surface area contributed by atoms with Crippen LogP contribution >= 0.6 is 47.0 Å². The summed E-state index contributed by atoms with van der Waals surface area (Å²) in [6.07, 6.45) is 1.66. The normalized spacial score (nSPS) is 14.5. The van der Waals surface area contributed by atoms with E-state index in [1.165, 1.54) is 16.9 Å². The van der Waals surface area contributed by atoms with Crippen molar-refractivity contribution in [2.24, 2.45) is 0 Å². The first kappa shape index (κ1) is 26.0. The molecule has 1 fully saturated rings. The van der Waals surface area contributed by atoms with Gasteiger partial charge in [-0.15, -0.1) is 0 Å². The number of nitrogens with zero attached hydrogens (tertiary/aromatic N) is 2. The van der Waals surface area contributed by atoms with Gasteiger partial charge in [0.15, 0.2) is 5.11 Å². The number of rotatable bonds is 7. The molecule has 10 heteroatoms. The van der Waals surface area contributed by atoms with Crippen LogP contribution in [0, 0.1) is 0 Å². The van der Waals surface area contributed by atoms with Gasteiger partial charge in [0.1, 0.15) is 24.6 Å². The van der Waals surface area contributed by atoms with Gasteiger partial charge in [-0.2, -0.15) is 0 Å². The van der Waals surface area contributed by atoms with Crippen LogP contribution in [0.15, 0.2) is 72.4 Å². The number of esters is 1. The van der Waals surface area contributed by atoms with E-state index >= 15 is 0 Å². The second kappa shape index (κ2) is 11.3. The second-order valence-corrected chi connectivity index (χ2v) is 9.33. The average Bonchev–Trinajstić information content (AvgIpc) is 3.08. The first-order valence-corrected chi connectivity index (χ1v) is 12.2. The molecule has 1 heterocycles. The Morgan fingerprint density at radius 3 is 2.28 bits per heavy atom. The smallest absolute Gasteiger partial charge is 0.325 e. The van der Waals surface area contributed by atoms with Gasteiger partial charge in [0, 0.05) is 20.6 Å². The Bertz CT molecular complexity index is 1340. The molecule has 0 aromatic heterocycles. The van der Waals surface area contributed by atoms with Gasteiger partial charge in [0.05, 0.1) is 12.8 Å². The van der Waals surface area contributed by atoms with Crippen molar-refractivity contribution in [2.75, 3.05) is 18.6 Å². The molecule has 1 aliphatic heterocycles. The summed E-state index contributed by atoms with van der Waals surface area (Å²) in [6, 6.07) is 19.0. The van der Waals surface area contributed by atoms with Gasteiger partial charge in [-0.05, 0) is 72.4 Å². The van der Waals surface area contributed by atoms with E-state index in [0.717, 1.165) is 5.56 Å². The monoisotopic (exact) mass is 560 g/mol. The third-order valence-electron chi connectivity index (χ3n) is 5.33. The summed E-state index contributed by atoms with van der Waals surface area (Å²) in [5.41, 5.74) is 2.29. The maximum atomic E-state index is 13.4. The lowest BCUT2D eigenvalue weighted by atomic mass is 10.1. The van der Waals surface area contributed by atoms with E-state index in [4.69, 9.17) is 56.5 Å². The van der Waals surface area contributed by atoms with Crippen LogP contribution < -0.4 is 9.64 Å². The number of benzene rings is 3. The number of hydrogen-bond acceptors (Lipinski definition) is 5. The Balaban J connectivity index is 1.57. The predicted octanol–water partition coefficient (Wildman–Crippen LogP) is 6.37. The Hall–Kier alpha value is -3.10. The molecule has 184 valence electrons. The standard InChI is InChI=1S/C26H19Cl3N2O4S/c1-34-24(32)14-30-23(25(33)31(26(30)36)20-8-6-18(27)7-9-20)12-16-2-10-21(11-3-16)35-15-17-4-5-19(28)13-22(17)29/h2-13H,14-15H2,1H3/b23-12-. The van der Waals surface area contributed by atoms with Crippen LogP contribution in [0.5, 0.6) is 5.75 Å². The van der Waals surface area contributed by atoms with Gasteiger partial charge in [-0.25, -0.2) is 0 Å². The maximum Gasteiger partial charge on any atom is 0.325 e. The number of ether oxygens (including phenoxy) is 2. The summed E-state index contributed by atoms with van der Waals surface area (Å²) in [5, 5.41) is 1.77. The van der Waals surface area contributed by atoms with Gasteiger partial charge in [-0.1, -0.05) is 53.0 Å². The Labute approximate surface area is 228 Å². The summed E-state index contributed by atoms with van der Waals surface area (Å²) in [6.45, 7) is 0.0617. The van der Waals surface area contributed by atoms with E-state index in [0.29, 0.717) is 32.1 Å². The van der Waals surface area contributed by atoms with Gasteiger partial charge < -0.3 is 14.4 Å². The van der Waals surface area contributed by atoms with Crippen molar-refractivity contribution in [1.29, 1.82) is 0 Å². The molecule has 4 rings (SSSR count). The lowest BCUT2D eigenvalue weighted by Gasteiger charge is -2.19. The SMILES string of the molecule is COC(=O)CN1C(=S)N(c2ccc(Cl)cc2)C(=O)/C1=C/c1ccc(OCc2ccc(Cl)cc2Cl)cc1. The van der Waals surface area contributed by atoms with Crippen LogP contribution in [0.3, 0.4) is 0 Å². The number of anilines is 1. The molecule has 1 amide bonds. The molecule has 0 saturated carbocycles. The minimum absolute atomic E-state index is 0.166. The summed E-state index contributed by atoms with van der Waals surface area (Å²) in [7, 11) is 1.28. The van der Waals surface area contributed by atoms with Crippen LogP contribution in [-0.4, -0.2) is 35.5 Å². The summed E-state index contributed by atoms with van der Waals surface area (Å²) in [4.78, 5) is 28.2. The van der Waals surface area contributed by atoms with E-state index < -0.39 is 5.97 Å². The first-order chi connectivity index (χ1) is 17.3. The zero-order chi connectivity index (χ0) is 25.8. The number of halogens is 3. The zero-order valence-corrected chi connectivity index (χ0v) is 22.0. The molecule has 0 bridgehead atoms. The quantitative estimate of drug-likeness (QED) is 0.190. The largest absolute Gasteiger partial charge is 0.489 e. The molecule has 3 aromatic rings. The summed E-state index contributed by atoms with van der Waals surface area (Å²) < 4.78 is 10.6. The number of carbonyl (C=O) groups excluding carboxylic acids is 2. The molecule has 1 saturated heterocycles. The van der Waals surface area contributed by atoms with Crippen LogP contribution in [0.25, 0.3) is 6.08 Å². The van der Waals surface area contributed by atoms with Crippen molar-refractivity contribution in [3.05, 3.63) is 98.6 Å². The second-order valence-electron chi connectivity index (χ2n) is 7.68. The highest BCUT2D eigenvalue weighted by molar-refractivity contribution is 7.80. The average molecular weight is 562 g/mol. The molecule has 6 nitrogen and oxygen atoms in total. The minimum atomic E-state index is -0.529. The van der Waals surface area contributed by atoms with Crippen LogP contribution in [-0.2, 0) is 20.9 Å². The number of thiocarbonyl (C=S) groups is 1. The molecule has 0 spiro atoms. The Morgan fingerprint density at radius 1 is 0.972 bits per heavy atom. The van der Waals surface area contributed by atoms with Crippen LogP contribution in [0.1, 0.15) is 11.1 Å². The topological polar surface area (TPSA) is 59.1 Å². The highest BCUT2D eigenvalue weighted by Gasteiger charge is 2.40. The lowest BCUT2D eigenvalue weighted by Crippen LogP contribution is -2.35. The van der Waals surface area contributed by atoms with E-state index in [2.05, 4.69) is 0 Å². The molecular formula is C26H19Cl3N2O4S. The van der Waals surface area contributed by atoms with Crippen molar-refractivity contribution in [2.45, 2.75) is 6.61 Å². The van der Waals surface area contributed by atoms with E-state index in [1.807, 2.05) is 0 Å². The van der Waals surface area contributed by atoms with Crippen molar-refractivity contribution in [1.82, 2.24) is 4.90 Å². The van der Waals surface area contributed by atoms with Gasteiger partial charge in [0.25, 0.3) is 5.91 Å². The highest BCUT2D eigenvalue weighted by atomic mass is 35.5. The predicted molar refractivity (Wildman–Crippen MR) is 145 cm³/mol. The fraction of sp³-hybridized carbons (Fsp3) is 0.115. The third-order valence-corrected chi connectivity index (χ3v) is 6.57.